The van der Waals surface area contributed by atoms with E-state index < -0.39 is 0 Å². The molecule has 0 spiro atoms. The Morgan fingerprint density at radius 2 is 0.400 bits per heavy atom. The van der Waals surface area contributed by atoms with Crippen molar-refractivity contribution in [2.75, 3.05) is 0 Å². The first-order chi connectivity index (χ1) is 0. The topological polar surface area (TPSA) is 140 Å². The van der Waals surface area contributed by atoms with E-state index in [2.05, 4.69) is 0 Å². The Bertz CT molecular complexity index is 3.61. The summed E-state index contributed by atoms with van der Waals surface area (Å²) in [7, 11) is 0. The summed E-state index contributed by atoms with van der Waals surface area (Å²) in [6.07, 6.45) is 0. The van der Waals surface area contributed by atoms with Crippen LogP contribution in [0.25, 0.3) is 0 Å². The van der Waals surface area contributed by atoms with Gasteiger partial charge < -0.3 is 24.6 Å². The van der Waals surface area contributed by atoms with Crippen molar-refractivity contribution in [2.45, 2.75) is 0 Å². The van der Waals surface area contributed by atoms with Gasteiger partial charge in [0.1, 0.15) is 0 Å². The van der Waals surface area contributed by atoms with Crippen molar-refractivity contribution in [1.82, 2.24) is 24.6 Å². The van der Waals surface area contributed by atoms with Gasteiger partial charge in [-0.1, -0.05) is 0 Å². The van der Waals surface area contributed by atoms with Crippen LogP contribution in [0.4, 0.5) is 0 Å². The molecule has 0 unspecified atom stereocenters. The van der Waals surface area contributed by atoms with Crippen LogP contribution in [0.15, 0.2) is 0 Å². The van der Waals surface area contributed by atoms with Gasteiger partial charge in [0, 0.05) is 0 Å². The molecule has 5 heavy (non-hydrogen) atoms. The van der Waals surface area contributed by atoms with Crippen LogP contribution in [0, 0.1) is 0 Å². The van der Waals surface area contributed by atoms with E-state index in [-0.39, 0.29) is 50.8 Å². The molecule has 0 heterocycles. The summed E-state index contributed by atoms with van der Waals surface area (Å²) in [6.45, 7) is 0. The van der Waals surface area contributed by atoms with Crippen molar-refractivity contribution in [1.29, 1.82) is 0 Å². The summed E-state index contributed by atoms with van der Waals surface area (Å²) in [5, 5.41) is 0. The quantitative estimate of drug-likeness (QED) is 0.471. The van der Waals surface area contributed by atoms with Gasteiger partial charge in [-0.3, -0.25) is 0 Å². The third-order valence-electron chi connectivity index (χ3n) is 0. The Balaban J connectivity index is 0. The van der Waals surface area contributed by atoms with Gasteiger partial charge in [0.15, 0.2) is 0 Å². The molecule has 0 saturated carbocycles. The zero-order valence-electron chi connectivity index (χ0n) is 3.28. The first-order valence-electron chi connectivity index (χ1n) is 0. The normalized spacial score (nSPS) is 0. The summed E-state index contributed by atoms with van der Waals surface area (Å²) in [4.78, 5) is 0. The van der Waals surface area contributed by atoms with E-state index in [1.54, 1.807) is 0 Å². The zero-order chi connectivity index (χ0) is 0. The molecule has 34 valence electrons. The minimum atomic E-state index is 0. The molecule has 0 aliphatic carbocycles. The van der Waals surface area contributed by atoms with E-state index in [0.29, 0.717) is 0 Å². The van der Waals surface area contributed by atoms with E-state index in [1.807, 2.05) is 0 Å². The molecule has 0 atom stereocenters. The first kappa shape index (κ1) is 244. The van der Waals surface area contributed by atoms with Gasteiger partial charge in [-0.05, 0) is 0 Å². The monoisotopic (exact) mass is 277 g/mol. The van der Waals surface area contributed by atoms with Crippen LogP contribution < -0.4 is 24.6 Å². The van der Waals surface area contributed by atoms with Gasteiger partial charge in [0.25, 0.3) is 0 Å². The van der Waals surface area contributed by atoms with Crippen LogP contribution in [-0.2, 0) is 0 Å². The third-order valence-corrected chi connectivity index (χ3v) is 0. The summed E-state index contributed by atoms with van der Waals surface area (Å²) in [6, 6.07) is 0. The second-order valence-electron chi connectivity index (χ2n) is 0. The largest absolute Gasteiger partial charge is 3.00 e. The summed E-state index contributed by atoms with van der Waals surface area (Å²) in [5.74, 6) is 0. The number of rotatable bonds is 0. The Kier molecular flexibility index (Phi) is 6110. The fourth-order valence-corrected chi connectivity index (χ4v) is 0. The van der Waals surface area contributed by atoms with E-state index in [9.17, 15) is 0 Å². The molecule has 0 fully saturated rings. The summed E-state index contributed by atoms with van der Waals surface area (Å²) >= 11 is 0. The fraction of sp³-hybridized carbons (Fsp3) is 0. The average molecular weight is 277 g/mol. The Hall–Kier alpha value is 0.723. The van der Waals surface area contributed by atoms with Gasteiger partial charge in [-0.15, -0.1) is 0 Å². The minimum absolute atomic E-state index is 0. The molecule has 0 rings (SSSR count). The first-order valence-corrected chi connectivity index (χ1v) is 0. The fourth-order valence-electron chi connectivity index (χ4n) is 0. The third kappa shape index (κ3) is 67.0. The molecular formula is H12BiN4+3. The van der Waals surface area contributed by atoms with Crippen molar-refractivity contribution in [2.24, 2.45) is 0 Å². The maximum Gasteiger partial charge on any atom is 3.00 e. The molecule has 0 bridgehead atoms. The Morgan fingerprint density at radius 1 is 0.400 bits per heavy atom. The van der Waals surface area contributed by atoms with E-state index >= 15 is 0 Å². The van der Waals surface area contributed by atoms with E-state index in [4.69, 9.17) is 0 Å². The Labute approximate surface area is 51.2 Å². The standard InChI is InChI=1S/Bi.4H3N/h;4*1H3/q+3;;;;. The predicted molar refractivity (Wildman–Crippen MR) is 25.8 cm³/mol. The van der Waals surface area contributed by atoms with Gasteiger partial charge in [0.2, 0.25) is 0 Å². The van der Waals surface area contributed by atoms with Gasteiger partial charge in [-0.2, -0.15) is 0 Å². The van der Waals surface area contributed by atoms with Crippen molar-refractivity contribution in [3.05, 3.63) is 0 Å². The average Bonchev–Trinajstić information content (AvgIpc) is 0. The molecule has 0 aliphatic heterocycles. The number of hydrogen-bond donors (Lipinski definition) is 4. The maximum absolute atomic E-state index is 0. The molecule has 0 saturated heterocycles. The van der Waals surface area contributed by atoms with Crippen LogP contribution in [0.2, 0.25) is 0 Å². The molecule has 0 aromatic rings. The van der Waals surface area contributed by atoms with E-state index in [1.165, 1.54) is 0 Å². The molecule has 2 radical (unpaired) electrons. The molecular weight excluding hydrogens is 265 g/mol. The molecule has 12 N–H and O–H groups in total. The zero-order valence-corrected chi connectivity index (χ0v) is 6.75. The van der Waals surface area contributed by atoms with Crippen molar-refractivity contribution < 1.29 is 0 Å². The minimum Gasteiger partial charge on any atom is -0.344 e. The molecule has 0 aliphatic rings. The number of hydrogen-bond acceptors (Lipinski definition) is 4. The SMILES string of the molecule is N.N.N.N.[Bi+3]. The van der Waals surface area contributed by atoms with Gasteiger partial charge in [-0.25, -0.2) is 0 Å². The summed E-state index contributed by atoms with van der Waals surface area (Å²) in [5.41, 5.74) is 0. The summed E-state index contributed by atoms with van der Waals surface area (Å²) < 4.78 is 0. The second kappa shape index (κ2) is 125. The molecule has 0 aromatic heterocycles. The van der Waals surface area contributed by atoms with Crippen LogP contribution in [0.3, 0.4) is 0 Å². The van der Waals surface area contributed by atoms with Crippen LogP contribution in [-0.4, -0.2) is 26.2 Å². The van der Waals surface area contributed by atoms with Crippen molar-refractivity contribution >= 4 is 26.2 Å². The maximum atomic E-state index is 0. The van der Waals surface area contributed by atoms with E-state index in [0.717, 1.165) is 0 Å². The molecule has 4 nitrogen and oxygen atoms in total. The van der Waals surface area contributed by atoms with Gasteiger partial charge in [0.05, 0.1) is 0 Å². The van der Waals surface area contributed by atoms with Crippen LogP contribution in [0.5, 0.6) is 0 Å². The second-order valence-corrected chi connectivity index (χ2v) is 0. The van der Waals surface area contributed by atoms with Crippen LogP contribution in [0.1, 0.15) is 0 Å². The van der Waals surface area contributed by atoms with Crippen molar-refractivity contribution in [3.63, 3.8) is 0 Å². The van der Waals surface area contributed by atoms with Gasteiger partial charge >= 0.3 is 26.2 Å². The molecule has 5 heteroatoms. The van der Waals surface area contributed by atoms with Crippen LogP contribution >= 0.6 is 0 Å². The molecule has 0 aromatic carbocycles. The Morgan fingerprint density at radius 3 is 0.400 bits per heavy atom. The smallest absolute Gasteiger partial charge is 0.344 e. The molecule has 0 amide bonds. The van der Waals surface area contributed by atoms with Crippen molar-refractivity contribution in [3.8, 4) is 0 Å². The predicted octanol–water partition coefficient (Wildman–Crippen LogP) is 0.267.